The van der Waals surface area contributed by atoms with Gasteiger partial charge in [-0.05, 0) is 41.8 Å². The molecule has 0 saturated heterocycles. The van der Waals surface area contributed by atoms with Gasteiger partial charge in [-0.2, -0.15) is 0 Å². The molecule has 1 aromatic heterocycles. The molecule has 0 aliphatic heterocycles. The Labute approximate surface area is 146 Å². The number of nitrogens with one attached hydrogen (secondary N) is 2. The number of aromatic nitrogens is 1. The van der Waals surface area contributed by atoms with E-state index in [2.05, 4.69) is 15.6 Å². The minimum Gasteiger partial charge on any atom is -0.311 e. The largest absolute Gasteiger partial charge is 0.311 e. The van der Waals surface area contributed by atoms with E-state index in [-0.39, 0.29) is 17.2 Å². The van der Waals surface area contributed by atoms with Crippen LogP contribution in [0.3, 0.4) is 0 Å². The van der Waals surface area contributed by atoms with Crippen molar-refractivity contribution in [2.45, 2.75) is 27.2 Å². The van der Waals surface area contributed by atoms with Crippen LogP contribution in [0, 0.1) is 5.41 Å². The van der Waals surface area contributed by atoms with Gasteiger partial charge in [-0.3, -0.25) is 9.59 Å². The molecule has 2 rings (SSSR count). The Balaban J connectivity index is 2.03. The number of benzene rings is 1. The number of nitrogens with zero attached hydrogens (tertiary/aromatic N) is 1. The van der Waals surface area contributed by atoms with Crippen molar-refractivity contribution >= 4 is 35.1 Å². The van der Waals surface area contributed by atoms with Gasteiger partial charge in [-0.15, -0.1) is 0 Å². The smallest absolute Gasteiger partial charge is 0.256 e. The van der Waals surface area contributed by atoms with Crippen LogP contribution in [0.1, 0.15) is 37.6 Å². The van der Waals surface area contributed by atoms with Crippen LogP contribution in [0.5, 0.6) is 0 Å². The Hall–Kier alpha value is -2.40. The van der Waals surface area contributed by atoms with Gasteiger partial charge in [-0.1, -0.05) is 38.4 Å². The molecule has 5 nitrogen and oxygen atoms in total. The molecule has 0 aliphatic rings. The average Bonchev–Trinajstić information content (AvgIpc) is 2.46. The lowest BCUT2D eigenvalue weighted by molar-refractivity contribution is -0.117. The third-order valence-corrected chi connectivity index (χ3v) is 3.31. The second kappa shape index (κ2) is 7.45. The molecule has 0 saturated carbocycles. The highest BCUT2D eigenvalue weighted by molar-refractivity contribution is 6.30. The number of halogens is 1. The average molecular weight is 346 g/mol. The number of rotatable bonds is 4. The quantitative estimate of drug-likeness (QED) is 0.864. The molecule has 0 radical (unpaired) electrons. The Morgan fingerprint density at radius 1 is 1.00 bits per heavy atom. The topological polar surface area (TPSA) is 71.1 Å². The second-order valence-electron chi connectivity index (χ2n) is 6.65. The molecular weight excluding hydrogens is 326 g/mol. The summed E-state index contributed by atoms with van der Waals surface area (Å²) in [5.41, 5.74) is 0.369. The van der Waals surface area contributed by atoms with E-state index in [1.165, 1.54) is 0 Å². The van der Waals surface area contributed by atoms with Crippen molar-refractivity contribution < 1.29 is 9.59 Å². The molecule has 0 atom stereocenters. The minimum atomic E-state index is -0.294. The summed E-state index contributed by atoms with van der Waals surface area (Å²) >= 11 is 5.81. The molecule has 0 spiro atoms. The first-order valence-corrected chi connectivity index (χ1v) is 7.94. The van der Waals surface area contributed by atoms with Crippen molar-refractivity contribution in [1.29, 1.82) is 0 Å². The lowest BCUT2D eigenvalue weighted by Crippen LogP contribution is -2.20. The zero-order valence-corrected chi connectivity index (χ0v) is 14.6. The second-order valence-corrected chi connectivity index (χ2v) is 7.09. The third-order valence-electron chi connectivity index (χ3n) is 3.06. The Morgan fingerprint density at radius 2 is 1.58 bits per heavy atom. The summed E-state index contributed by atoms with van der Waals surface area (Å²) in [4.78, 5) is 28.4. The molecule has 0 bridgehead atoms. The fraction of sp³-hybridized carbons (Fsp3) is 0.278. The summed E-state index contributed by atoms with van der Waals surface area (Å²) in [5.74, 6) is 0.357. The summed E-state index contributed by atoms with van der Waals surface area (Å²) < 4.78 is 0. The van der Waals surface area contributed by atoms with Crippen LogP contribution in [0.15, 0.2) is 42.5 Å². The zero-order valence-electron chi connectivity index (χ0n) is 13.9. The number of pyridine rings is 1. The maximum atomic E-state index is 12.2. The van der Waals surface area contributed by atoms with E-state index in [1.807, 2.05) is 20.8 Å². The van der Waals surface area contributed by atoms with Crippen LogP contribution in [-0.2, 0) is 4.79 Å². The molecular formula is C18H20ClN3O2. The highest BCUT2D eigenvalue weighted by atomic mass is 35.5. The monoisotopic (exact) mass is 345 g/mol. The standard InChI is InChI=1S/C18H20ClN3O2/c1-18(2,3)11-16(23)21-14-5-4-6-15(20-14)22-17(24)12-7-9-13(19)10-8-12/h4-10H,11H2,1-3H3,(H2,20,21,22,23,24). The number of carbonyl (C=O) groups is 2. The summed E-state index contributed by atoms with van der Waals surface area (Å²) in [6.45, 7) is 5.97. The van der Waals surface area contributed by atoms with E-state index in [0.29, 0.717) is 28.6 Å². The summed E-state index contributed by atoms with van der Waals surface area (Å²) in [7, 11) is 0. The van der Waals surface area contributed by atoms with E-state index < -0.39 is 0 Å². The van der Waals surface area contributed by atoms with Crippen LogP contribution in [0.4, 0.5) is 11.6 Å². The molecule has 1 aromatic carbocycles. The van der Waals surface area contributed by atoms with Gasteiger partial charge in [0.15, 0.2) is 0 Å². The van der Waals surface area contributed by atoms with Crippen LogP contribution >= 0.6 is 11.6 Å². The molecule has 24 heavy (non-hydrogen) atoms. The lowest BCUT2D eigenvalue weighted by atomic mass is 9.92. The maximum absolute atomic E-state index is 12.2. The van der Waals surface area contributed by atoms with E-state index in [9.17, 15) is 9.59 Å². The molecule has 6 heteroatoms. The first-order chi connectivity index (χ1) is 11.2. The number of anilines is 2. The Kier molecular flexibility index (Phi) is 5.57. The molecule has 126 valence electrons. The number of hydrogen-bond donors (Lipinski definition) is 2. The maximum Gasteiger partial charge on any atom is 0.256 e. The number of carbonyl (C=O) groups excluding carboxylic acids is 2. The van der Waals surface area contributed by atoms with Crippen molar-refractivity contribution in [2.75, 3.05) is 10.6 Å². The lowest BCUT2D eigenvalue weighted by Gasteiger charge is -2.17. The number of hydrogen-bond acceptors (Lipinski definition) is 3. The van der Waals surface area contributed by atoms with Gasteiger partial charge in [0.2, 0.25) is 5.91 Å². The third kappa shape index (κ3) is 5.66. The first-order valence-electron chi connectivity index (χ1n) is 7.57. The van der Waals surface area contributed by atoms with Crippen LogP contribution < -0.4 is 10.6 Å². The highest BCUT2D eigenvalue weighted by Gasteiger charge is 2.16. The van der Waals surface area contributed by atoms with E-state index in [4.69, 9.17) is 11.6 Å². The Bertz CT molecular complexity index is 737. The molecule has 0 aliphatic carbocycles. The molecule has 1 heterocycles. The van der Waals surface area contributed by atoms with Crippen molar-refractivity contribution in [3.63, 3.8) is 0 Å². The molecule has 2 aromatic rings. The first kappa shape index (κ1) is 17.9. The van der Waals surface area contributed by atoms with Gasteiger partial charge >= 0.3 is 0 Å². The molecule has 2 amide bonds. The molecule has 0 fully saturated rings. The normalized spacial score (nSPS) is 11.0. The summed E-state index contributed by atoms with van der Waals surface area (Å²) in [6.07, 6.45) is 0.385. The van der Waals surface area contributed by atoms with Crippen LogP contribution in [0.2, 0.25) is 5.02 Å². The van der Waals surface area contributed by atoms with Gasteiger partial charge in [-0.25, -0.2) is 4.98 Å². The van der Waals surface area contributed by atoms with Crippen molar-refractivity contribution in [2.24, 2.45) is 5.41 Å². The van der Waals surface area contributed by atoms with Gasteiger partial charge in [0.1, 0.15) is 11.6 Å². The Morgan fingerprint density at radius 3 is 2.17 bits per heavy atom. The predicted molar refractivity (Wildman–Crippen MR) is 96.3 cm³/mol. The predicted octanol–water partition coefficient (Wildman–Crippen LogP) is 4.36. The van der Waals surface area contributed by atoms with Gasteiger partial charge < -0.3 is 10.6 Å². The fourth-order valence-electron chi connectivity index (χ4n) is 2.03. The van der Waals surface area contributed by atoms with Crippen LogP contribution in [-0.4, -0.2) is 16.8 Å². The van der Waals surface area contributed by atoms with Crippen molar-refractivity contribution in [3.8, 4) is 0 Å². The van der Waals surface area contributed by atoms with Gasteiger partial charge in [0.05, 0.1) is 0 Å². The van der Waals surface area contributed by atoms with Gasteiger partial charge in [0, 0.05) is 17.0 Å². The fourth-order valence-corrected chi connectivity index (χ4v) is 2.16. The van der Waals surface area contributed by atoms with Crippen LogP contribution in [0.25, 0.3) is 0 Å². The summed E-state index contributed by atoms with van der Waals surface area (Å²) in [5, 5.41) is 6.00. The molecule has 0 unspecified atom stereocenters. The molecule has 2 N–H and O–H groups in total. The highest BCUT2D eigenvalue weighted by Crippen LogP contribution is 2.19. The van der Waals surface area contributed by atoms with Crippen molar-refractivity contribution in [1.82, 2.24) is 4.98 Å². The van der Waals surface area contributed by atoms with E-state index >= 15 is 0 Å². The van der Waals surface area contributed by atoms with E-state index in [0.717, 1.165) is 0 Å². The zero-order chi connectivity index (χ0) is 17.7. The number of amides is 2. The SMILES string of the molecule is CC(C)(C)CC(=O)Nc1cccc(NC(=O)c2ccc(Cl)cc2)n1. The minimum absolute atomic E-state index is 0.107. The van der Waals surface area contributed by atoms with Gasteiger partial charge in [0.25, 0.3) is 5.91 Å². The van der Waals surface area contributed by atoms with Crippen molar-refractivity contribution in [3.05, 3.63) is 53.1 Å². The van der Waals surface area contributed by atoms with E-state index in [1.54, 1.807) is 42.5 Å². The summed E-state index contributed by atoms with van der Waals surface area (Å²) in [6, 6.07) is 11.6.